The minimum atomic E-state index is 0.587. The Kier molecular flexibility index (Phi) is 10.6. The molecular weight excluding hydrogens is 823 g/mol. The predicted octanol–water partition coefficient (Wildman–Crippen LogP) is 17.2. The van der Waals surface area contributed by atoms with Crippen molar-refractivity contribution in [2.75, 3.05) is 0 Å². The van der Waals surface area contributed by atoms with Crippen LogP contribution in [0.1, 0.15) is 0 Å². The second-order valence-corrected chi connectivity index (χ2v) is 17.1. The molecule has 0 N–H and O–H groups in total. The van der Waals surface area contributed by atoms with Gasteiger partial charge in [0.15, 0.2) is 17.5 Å². The summed E-state index contributed by atoms with van der Waals surface area (Å²) in [6.07, 6.45) is 0. The molecule has 0 spiro atoms. The van der Waals surface area contributed by atoms with Crippen LogP contribution in [0.25, 0.3) is 122 Å². The van der Waals surface area contributed by atoms with Crippen molar-refractivity contribution >= 4 is 21.5 Å². The van der Waals surface area contributed by atoms with Gasteiger partial charge in [-0.25, -0.2) is 15.0 Å². The third-order valence-electron chi connectivity index (χ3n) is 12.9. The molecule has 0 radical (unpaired) electrons. The monoisotopic (exact) mass is 865 g/mol. The first kappa shape index (κ1) is 40.5. The molecule has 68 heavy (non-hydrogen) atoms. The summed E-state index contributed by atoms with van der Waals surface area (Å²) in [7, 11) is 0. The van der Waals surface area contributed by atoms with Crippen LogP contribution in [0.4, 0.5) is 0 Å². The molecule has 0 unspecified atom stereocenters. The van der Waals surface area contributed by atoms with Gasteiger partial charge in [0.25, 0.3) is 0 Å². The molecule has 1 aromatic heterocycles. The van der Waals surface area contributed by atoms with Crippen molar-refractivity contribution in [3.63, 3.8) is 0 Å². The lowest BCUT2D eigenvalue weighted by atomic mass is 9.87. The zero-order chi connectivity index (χ0) is 45.2. The lowest BCUT2D eigenvalue weighted by Crippen LogP contribution is -2.02. The molecule has 0 atom stereocenters. The fourth-order valence-electron chi connectivity index (χ4n) is 9.66. The second-order valence-electron chi connectivity index (χ2n) is 17.1. The molecule has 0 saturated carbocycles. The van der Waals surface area contributed by atoms with Crippen LogP contribution in [-0.2, 0) is 0 Å². The first-order valence-corrected chi connectivity index (χ1v) is 23.1. The van der Waals surface area contributed by atoms with Crippen LogP contribution in [0.15, 0.2) is 261 Å². The number of hydrogen-bond acceptors (Lipinski definition) is 3. The molecular formula is C65H43N3. The molecule has 0 saturated heterocycles. The van der Waals surface area contributed by atoms with Gasteiger partial charge in [-0.1, -0.05) is 231 Å². The van der Waals surface area contributed by atoms with Crippen molar-refractivity contribution in [3.05, 3.63) is 261 Å². The van der Waals surface area contributed by atoms with Crippen molar-refractivity contribution < 1.29 is 0 Å². The van der Waals surface area contributed by atoms with E-state index in [0.717, 1.165) is 83.5 Å². The van der Waals surface area contributed by atoms with E-state index in [0.29, 0.717) is 17.5 Å². The molecule has 0 aliphatic carbocycles. The molecule has 0 fully saturated rings. The van der Waals surface area contributed by atoms with E-state index >= 15 is 0 Å². The summed E-state index contributed by atoms with van der Waals surface area (Å²) in [6, 6.07) is 92.7. The van der Waals surface area contributed by atoms with Gasteiger partial charge in [-0.3, -0.25) is 0 Å². The van der Waals surface area contributed by atoms with Gasteiger partial charge >= 0.3 is 0 Å². The van der Waals surface area contributed by atoms with E-state index in [-0.39, 0.29) is 0 Å². The van der Waals surface area contributed by atoms with E-state index in [1.807, 2.05) is 12.1 Å². The highest BCUT2D eigenvalue weighted by Gasteiger charge is 2.21. The predicted molar refractivity (Wildman–Crippen MR) is 284 cm³/mol. The molecule has 11 aromatic carbocycles. The molecule has 12 aromatic rings. The Morgan fingerprint density at radius 2 is 0.574 bits per heavy atom. The Morgan fingerprint density at radius 3 is 1.13 bits per heavy atom. The van der Waals surface area contributed by atoms with Gasteiger partial charge in [0.05, 0.1) is 0 Å². The number of benzene rings is 11. The van der Waals surface area contributed by atoms with E-state index in [9.17, 15) is 0 Å². The zero-order valence-electron chi connectivity index (χ0n) is 37.2. The van der Waals surface area contributed by atoms with E-state index in [1.54, 1.807) is 0 Å². The highest BCUT2D eigenvalue weighted by Crippen LogP contribution is 2.43. The van der Waals surface area contributed by atoms with Crippen molar-refractivity contribution in [2.45, 2.75) is 0 Å². The minimum Gasteiger partial charge on any atom is -0.208 e. The van der Waals surface area contributed by atoms with Crippen LogP contribution in [-0.4, -0.2) is 15.0 Å². The lowest BCUT2D eigenvalue weighted by Gasteiger charge is -2.18. The first-order chi connectivity index (χ1) is 33.7. The van der Waals surface area contributed by atoms with E-state index in [2.05, 4.69) is 249 Å². The molecule has 3 nitrogen and oxygen atoms in total. The quantitative estimate of drug-likeness (QED) is 0.136. The Balaban J connectivity index is 1.17. The van der Waals surface area contributed by atoms with Crippen LogP contribution in [0.2, 0.25) is 0 Å². The summed E-state index contributed by atoms with van der Waals surface area (Å²) in [5.74, 6) is 1.79. The Bertz CT molecular complexity index is 3670. The average molecular weight is 866 g/mol. The van der Waals surface area contributed by atoms with E-state index < -0.39 is 0 Å². The number of rotatable bonds is 9. The molecule has 1 heterocycles. The number of fused-ring (bicyclic) bond motifs is 3. The maximum Gasteiger partial charge on any atom is 0.164 e. The highest BCUT2D eigenvalue weighted by molar-refractivity contribution is 6.14. The number of hydrogen-bond donors (Lipinski definition) is 0. The van der Waals surface area contributed by atoms with Crippen LogP contribution in [0.5, 0.6) is 0 Å². The molecule has 12 rings (SSSR count). The Morgan fingerprint density at radius 1 is 0.176 bits per heavy atom. The van der Waals surface area contributed by atoms with Gasteiger partial charge in [0.1, 0.15) is 0 Å². The highest BCUT2D eigenvalue weighted by atomic mass is 15.0. The molecule has 3 heteroatoms. The van der Waals surface area contributed by atoms with Gasteiger partial charge in [0.2, 0.25) is 0 Å². The Hall–Kier alpha value is -9.05. The topological polar surface area (TPSA) is 38.7 Å². The maximum atomic E-state index is 5.49. The molecule has 0 amide bonds. The van der Waals surface area contributed by atoms with Crippen molar-refractivity contribution in [3.8, 4) is 101 Å². The zero-order valence-corrected chi connectivity index (χ0v) is 37.2. The summed E-state index contributed by atoms with van der Waals surface area (Å²) >= 11 is 0. The minimum absolute atomic E-state index is 0.587. The standard InChI is InChI=1S/C65H43N3/c1-5-21-44(22-6-1)48-37-38-56(47-27-11-4-12-28-47)61(42-48)50-39-51(62-43-49-29-13-14-32-55(49)57-33-17-18-34-58(57)62)41-52(40-50)63-66-64(59-35-19-15-30-53(59)45-23-7-2-8-24-45)68-65(67-63)60-36-20-16-31-54(60)46-25-9-3-10-26-46/h1-43H. The van der Waals surface area contributed by atoms with Crippen molar-refractivity contribution in [1.29, 1.82) is 0 Å². The van der Waals surface area contributed by atoms with Crippen LogP contribution < -0.4 is 0 Å². The van der Waals surface area contributed by atoms with Crippen LogP contribution >= 0.6 is 0 Å². The van der Waals surface area contributed by atoms with Crippen LogP contribution in [0, 0.1) is 0 Å². The summed E-state index contributed by atoms with van der Waals surface area (Å²) in [4.78, 5) is 16.4. The van der Waals surface area contributed by atoms with Crippen LogP contribution in [0.3, 0.4) is 0 Å². The van der Waals surface area contributed by atoms with Crippen molar-refractivity contribution in [1.82, 2.24) is 15.0 Å². The van der Waals surface area contributed by atoms with Gasteiger partial charge in [0, 0.05) is 16.7 Å². The van der Waals surface area contributed by atoms with Gasteiger partial charge < -0.3 is 0 Å². The summed E-state index contributed by atoms with van der Waals surface area (Å²) in [5.41, 5.74) is 16.0. The summed E-state index contributed by atoms with van der Waals surface area (Å²) < 4.78 is 0. The fraction of sp³-hybridized carbons (Fsp3) is 0. The summed E-state index contributed by atoms with van der Waals surface area (Å²) in [5, 5.41) is 4.81. The van der Waals surface area contributed by atoms with E-state index in [1.165, 1.54) is 21.5 Å². The van der Waals surface area contributed by atoms with Gasteiger partial charge in [-0.15, -0.1) is 0 Å². The molecule has 0 aliphatic rings. The third-order valence-corrected chi connectivity index (χ3v) is 12.9. The first-order valence-electron chi connectivity index (χ1n) is 23.1. The molecule has 0 bridgehead atoms. The number of nitrogens with zero attached hydrogens (tertiary/aromatic N) is 3. The third kappa shape index (κ3) is 7.72. The fourth-order valence-corrected chi connectivity index (χ4v) is 9.66. The maximum absolute atomic E-state index is 5.49. The normalized spacial score (nSPS) is 11.2. The average Bonchev–Trinajstić information content (AvgIpc) is 3.43. The second kappa shape index (κ2) is 17.7. The summed E-state index contributed by atoms with van der Waals surface area (Å²) in [6.45, 7) is 0. The SMILES string of the molecule is c1ccc(-c2ccc(-c3ccccc3)c(-c3cc(-c4nc(-c5ccccc5-c5ccccc5)nc(-c5ccccc5-c5ccccc5)n4)cc(-c4cc5ccccc5c5ccccc45)c3)c2)cc1. The van der Waals surface area contributed by atoms with E-state index in [4.69, 9.17) is 15.0 Å². The Labute approximate surface area is 396 Å². The molecule has 0 aliphatic heterocycles. The van der Waals surface area contributed by atoms with Gasteiger partial charge in [-0.05, 0) is 119 Å². The largest absolute Gasteiger partial charge is 0.208 e. The smallest absolute Gasteiger partial charge is 0.164 e. The lowest BCUT2D eigenvalue weighted by molar-refractivity contribution is 1.07. The van der Waals surface area contributed by atoms with Crippen molar-refractivity contribution in [2.24, 2.45) is 0 Å². The molecule has 318 valence electrons. The van der Waals surface area contributed by atoms with Gasteiger partial charge in [-0.2, -0.15) is 0 Å². The number of aromatic nitrogens is 3.